The third kappa shape index (κ3) is 5.61. The highest BCUT2D eigenvalue weighted by molar-refractivity contribution is 4.59. The molecule has 0 bridgehead atoms. The second kappa shape index (κ2) is 8.25. The molecule has 1 rings (SSSR count). The maximum atomic E-state index is 5.10. The molecule has 1 unspecified atom stereocenters. The number of hydrogen-bond donors (Lipinski definition) is 0. The van der Waals surface area contributed by atoms with E-state index in [0.717, 1.165) is 13.0 Å². The molecule has 0 aliphatic carbocycles. The maximum Gasteiger partial charge on any atom is 0.0953 e. The normalized spacial score (nSPS) is 21.6. The fraction of sp³-hybridized carbons (Fsp3) is 1.00. The Labute approximate surface area is 87.9 Å². The zero-order valence-corrected chi connectivity index (χ0v) is 9.46. The first-order valence-electron chi connectivity index (χ1n) is 6.21. The summed E-state index contributed by atoms with van der Waals surface area (Å²) in [4.78, 5) is 9.97. The Balaban J connectivity index is 1.75. The van der Waals surface area contributed by atoms with Crippen LogP contribution in [-0.2, 0) is 9.78 Å². The summed E-state index contributed by atoms with van der Waals surface area (Å²) in [7, 11) is 0. The largest absolute Gasteiger partial charge is 0.236 e. The van der Waals surface area contributed by atoms with Crippen molar-refractivity contribution in [1.29, 1.82) is 0 Å². The topological polar surface area (TPSA) is 18.5 Å². The molecule has 0 aromatic carbocycles. The van der Waals surface area contributed by atoms with Gasteiger partial charge in [0.25, 0.3) is 0 Å². The average Bonchev–Trinajstić information content (AvgIpc) is 2.69. The molecule has 1 heterocycles. The lowest BCUT2D eigenvalue weighted by Crippen LogP contribution is -2.03. The molecule has 2 nitrogen and oxygen atoms in total. The molecule has 2 heteroatoms. The van der Waals surface area contributed by atoms with Gasteiger partial charge in [-0.3, -0.25) is 0 Å². The van der Waals surface area contributed by atoms with Crippen LogP contribution in [0.2, 0.25) is 0 Å². The summed E-state index contributed by atoms with van der Waals surface area (Å²) >= 11 is 0. The van der Waals surface area contributed by atoms with E-state index in [1.165, 1.54) is 51.4 Å². The van der Waals surface area contributed by atoms with Gasteiger partial charge >= 0.3 is 0 Å². The zero-order valence-electron chi connectivity index (χ0n) is 9.46. The fourth-order valence-electron chi connectivity index (χ4n) is 1.89. The van der Waals surface area contributed by atoms with Crippen LogP contribution < -0.4 is 0 Å². The van der Waals surface area contributed by atoms with Crippen LogP contribution in [0.15, 0.2) is 0 Å². The van der Waals surface area contributed by atoms with Gasteiger partial charge in [0.05, 0.1) is 12.7 Å². The average molecular weight is 200 g/mol. The van der Waals surface area contributed by atoms with E-state index in [9.17, 15) is 0 Å². The van der Waals surface area contributed by atoms with Crippen LogP contribution in [0.3, 0.4) is 0 Å². The highest BCUT2D eigenvalue weighted by Crippen LogP contribution is 2.16. The van der Waals surface area contributed by atoms with Crippen molar-refractivity contribution in [3.8, 4) is 0 Å². The highest BCUT2D eigenvalue weighted by Gasteiger charge is 2.15. The molecule has 0 radical (unpaired) electrons. The van der Waals surface area contributed by atoms with Crippen molar-refractivity contribution in [3.05, 3.63) is 0 Å². The SMILES string of the molecule is CCCCCCCCCC1CCOO1. The lowest BCUT2D eigenvalue weighted by Gasteiger charge is -2.05. The molecule has 0 aromatic heterocycles. The molecule has 0 aromatic rings. The minimum atomic E-state index is 0.394. The van der Waals surface area contributed by atoms with E-state index in [1.54, 1.807) is 0 Å². The summed E-state index contributed by atoms with van der Waals surface area (Å²) in [5, 5.41) is 0. The van der Waals surface area contributed by atoms with E-state index in [2.05, 4.69) is 6.92 Å². The molecule has 1 aliphatic heterocycles. The zero-order chi connectivity index (χ0) is 10.1. The van der Waals surface area contributed by atoms with Crippen molar-refractivity contribution in [2.45, 2.75) is 70.8 Å². The van der Waals surface area contributed by atoms with Gasteiger partial charge in [0, 0.05) is 6.42 Å². The Bertz CT molecular complexity index is 119. The Morgan fingerprint density at radius 3 is 2.36 bits per heavy atom. The molecule has 1 aliphatic rings. The Hall–Kier alpha value is -0.0800. The number of unbranched alkanes of at least 4 members (excludes halogenated alkanes) is 6. The van der Waals surface area contributed by atoms with Crippen LogP contribution in [0.4, 0.5) is 0 Å². The van der Waals surface area contributed by atoms with Gasteiger partial charge in [0.2, 0.25) is 0 Å². The van der Waals surface area contributed by atoms with Gasteiger partial charge in [0.1, 0.15) is 0 Å². The summed E-state index contributed by atoms with van der Waals surface area (Å²) in [6, 6.07) is 0. The van der Waals surface area contributed by atoms with Crippen molar-refractivity contribution >= 4 is 0 Å². The molecule has 1 fully saturated rings. The predicted molar refractivity (Wildman–Crippen MR) is 58.1 cm³/mol. The van der Waals surface area contributed by atoms with Gasteiger partial charge in [-0.2, -0.15) is 0 Å². The van der Waals surface area contributed by atoms with Crippen LogP contribution in [0.25, 0.3) is 0 Å². The summed E-state index contributed by atoms with van der Waals surface area (Å²) in [6.07, 6.45) is 12.3. The Morgan fingerprint density at radius 1 is 1.00 bits per heavy atom. The quantitative estimate of drug-likeness (QED) is 0.437. The lowest BCUT2D eigenvalue weighted by atomic mass is 10.1. The van der Waals surface area contributed by atoms with E-state index in [1.807, 2.05) is 0 Å². The van der Waals surface area contributed by atoms with Crippen LogP contribution in [0.1, 0.15) is 64.7 Å². The monoisotopic (exact) mass is 200 g/mol. The van der Waals surface area contributed by atoms with Gasteiger partial charge in [0.15, 0.2) is 0 Å². The number of hydrogen-bond acceptors (Lipinski definition) is 2. The molecule has 0 amide bonds. The second-order valence-electron chi connectivity index (χ2n) is 4.24. The summed E-state index contributed by atoms with van der Waals surface area (Å²) in [6.45, 7) is 3.05. The van der Waals surface area contributed by atoms with Crippen LogP contribution in [0.5, 0.6) is 0 Å². The van der Waals surface area contributed by atoms with E-state index in [0.29, 0.717) is 6.10 Å². The van der Waals surface area contributed by atoms with Crippen molar-refractivity contribution in [1.82, 2.24) is 0 Å². The van der Waals surface area contributed by atoms with Crippen molar-refractivity contribution in [3.63, 3.8) is 0 Å². The Kier molecular flexibility index (Phi) is 7.06. The summed E-state index contributed by atoms with van der Waals surface area (Å²) < 4.78 is 0. The third-order valence-corrected chi connectivity index (χ3v) is 2.86. The first-order chi connectivity index (χ1) is 6.93. The standard InChI is InChI=1S/C12H24O2/c1-2-3-4-5-6-7-8-9-12-10-11-13-14-12/h12H,2-11H2,1H3. The molecular formula is C12H24O2. The summed E-state index contributed by atoms with van der Waals surface area (Å²) in [5.41, 5.74) is 0. The van der Waals surface area contributed by atoms with Gasteiger partial charge in [-0.1, -0.05) is 51.9 Å². The minimum Gasteiger partial charge on any atom is -0.236 e. The van der Waals surface area contributed by atoms with Crippen LogP contribution in [-0.4, -0.2) is 12.7 Å². The molecular weight excluding hydrogens is 176 g/mol. The number of rotatable bonds is 8. The van der Waals surface area contributed by atoms with Crippen molar-refractivity contribution in [2.24, 2.45) is 0 Å². The predicted octanol–water partition coefficient (Wildman–Crippen LogP) is 3.85. The molecule has 1 atom stereocenters. The maximum absolute atomic E-state index is 5.10. The van der Waals surface area contributed by atoms with E-state index in [-0.39, 0.29) is 0 Å². The third-order valence-electron chi connectivity index (χ3n) is 2.86. The van der Waals surface area contributed by atoms with Crippen molar-refractivity contribution in [2.75, 3.05) is 6.61 Å². The van der Waals surface area contributed by atoms with Crippen LogP contribution in [0, 0.1) is 0 Å². The fourth-order valence-corrected chi connectivity index (χ4v) is 1.89. The minimum absolute atomic E-state index is 0.394. The smallest absolute Gasteiger partial charge is 0.0953 e. The first kappa shape index (κ1) is 12.0. The Morgan fingerprint density at radius 2 is 1.71 bits per heavy atom. The van der Waals surface area contributed by atoms with Crippen LogP contribution >= 0.6 is 0 Å². The van der Waals surface area contributed by atoms with Gasteiger partial charge in [-0.05, 0) is 6.42 Å². The molecule has 0 spiro atoms. The highest BCUT2D eigenvalue weighted by atomic mass is 17.2. The molecule has 1 saturated heterocycles. The van der Waals surface area contributed by atoms with Crippen molar-refractivity contribution < 1.29 is 9.78 Å². The van der Waals surface area contributed by atoms with E-state index >= 15 is 0 Å². The van der Waals surface area contributed by atoms with Gasteiger partial charge in [-0.25, -0.2) is 9.78 Å². The van der Waals surface area contributed by atoms with E-state index in [4.69, 9.17) is 9.78 Å². The summed E-state index contributed by atoms with van der Waals surface area (Å²) in [5.74, 6) is 0. The molecule has 0 saturated carbocycles. The molecule has 0 N–H and O–H groups in total. The molecule has 84 valence electrons. The van der Waals surface area contributed by atoms with Gasteiger partial charge in [-0.15, -0.1) is 0 Å². The first-order valence-corrected chi connectivity index (χ1v) is 6.21. The second-order valence-corrected chi connectivity index (χ2v) is 4.24. The lowest BCUT2D eigenvalue weighted by molar-refractivity contribution is -0.275. The van der Waals surface area contributed by atoms with Gasteiger partial charge < -0.3 is 0 Å². The molecule has 14 heavy (non-hydrogen) atoms. The van der Waals surface area contributed by atoms with E-state index < -0.39 is 0 Å².